The van der Waals surface area contributed by atoms with Gasteiger partial charge in [0, 0.05) is 0 Å². The fourth-order valence-electron chi connectivity index (χ4n) is 2.08. The van der Waals surface area contributed by atoms with E-state index in [0.717, 1.165) is 76.0 Å². The van der Waals surface area contributed by atoms with Gasteiger partial charge in [-0.05, 0) is 56.8 Å². The Morgan fingerprint density at radius 2 is 0.742 bits per heavy atom. The van der Waals surface area contributed by atoms with Crippen LogP contribution in [0.1, 0.15) is 97.8 Å². The number of aliphatic carboxylic acids is 3. The van der Waals surface area contributed by atoms with E-state index in [4.69, 9.17) is 0 Å². The summed E-state index contributed by atoms with van der Waals surface area (Å²) in [5.74, 6) is -3.30. The molecule has 0 saturated carbocycles. The molecule has 0 amide bonds. The Kier molecular flexibility index (Phi) is 38.7. The molecule has 0 N–H and O–H groups in total. The molecule has 0 aliphatic rings. The Labute approximate surface area is 199 Å². The van der Waals surface area contributed by atoms with Crippen molar-refractivity contribution in [1.29, 1.82) is 0 Å². The van der Waals surface area contributed by atoms with Crippen molar-refractivity contribution in [3.8, 4) is 0 Å². The molecule has 0 aliphatic heterocycles. The van der Waals surface area contributed by atoms with Gasteiger partial charge in [-0.25, -0.2) is 0 Å². The molecule has 0 spiro atoms. The van der Waals surface area contributed by atoms with Gasteiger partial charge in [0.25, 0.3) is 0 Å². The van der Waals surface area contributed by atoms with Crippen molar-refractivity contribution >= 4 is 17.9 Å². The quantitative estimate of drug-likeness (QED) is 0.265. The molecule has 0 aromatic carbocycles. The SMILES string of the molecule is CCCCC/C=C/C(=O)[O-].CCCCC/C=C/C(=O)[O-].CCCCC/C=C/C(=O)[O-].[Cr+3]. The zero-order valence-corrected chi connectivity index (χ0v) is 20.6. The van der Waals surface area contributed by atoms with Crippen molar-refractivity contribution < 1.29 is 47.1 Å². The van der Waals surface area contributed by atoms with Crippen LogP contribution in [0.4, 0.5) is 0 Å². The molecule has 177 valence electrons. The van der Waals surface area contributed by atoms with Crippen LogP contribution in [0, 0.1) is 0 Å². The van der Waals surface area contributed by atoms with Gasteiger partial charge in [0.15, 0.2) is 0 Å². The fourth-order valence-corrected chi connectivity index (χ4v) is 2.08. The van der Waals surface area contributed by atoms with E-state index in [0.29, 0.717) is 0 Å². The van der Waals surface area contributed by atoms with Crippen molar-refractivity contribution in [2.75, 3.05) is 0 Å². The predicted octanol–water partition coefficient (Wildman–Crippen LogP) is 2.62. The number of carboxylic acid groups (broad SMARTS) is 3. The van der Waals surface area contributed by atoms with Crippen molar-refractivity contribution in [2.24, 2.45) is 0 Å². The Hall–Kier alpha value is -1.84. The molecule has 0 rings (SSSR count). The Morgan fingerprint density at radius 3 is 0.903 bits per heavy atom. The Morgan fingerprint density at radius 1 is 0.516 bits per heavy atom. The van der Waals surface area contributed by atoms with Crippen LogP contribution in [0.2, 0.25) is 0 Å². The molecule has 0 heterocycles. The van der Waals surface area contributed by atoms with E-state index in [9.17, 15) is 29.7 Å². The van der Waals surface area contributed by atoms with Crippen LogP contribution in [-0.2, 0) is 31.7 Å². The molecule has 0 saturated heterocycles. The summed E-state index contributed by atoms with van der Waals surface area (Å²) in [6.45, 7) is 6.34. The van der Waals surface area contributed by atoms with Gasteiger partial charge in [0.2, 0.25) is 0 Å². The van der Waals surface area contributed by atoms with E-state index in [1.165, 1.54) is 19.3 Å². The Bertz CT molecular complexity index is 427. The first kappa shape index (κ1) is 36.5. The molecule has 1 radical (unpaired) electrons. The first-order valence-electron chi connectivity index (χ1n) is 10.9. The molecule has 0 bridgehead atoms. The minimum absolute atomic E-state index is 0. The van der Waals surface area contributed by atoms with Crippen LogP contribution < -0.4 is 15.3 Å². The zero-order valence-electron chi connectivity index (χ0n) is 19.3. The van der Waals surface area contributed by atoms with Crippen molar-refractivity contribution in [3.63, 3.8) is 0 Å². The molecule has 0 aromatic rings. The van der Waals surface area contributed by atoms with E-state index in [2.05, 4.69) is 20.8 Å². The second kappa shape index (κ2) is 32.8. The standard InChI is InChI=1S/3C8H14O2.Cr/c3*1-2-3-4-5-6-7-8(9)10;/h3*6-7H,2-5H2,1H3,(H,9,10);/q;;;+3/p-3/b3*7-6+;. The van der Waals surface area contributed by atoms with Crippen LogP contribution in [-0.4, -0.2) is 17.9 Å². The average Bonchev–Trinajstić information content (AvgIpc) is 2.68. The number of carbonyl (C=O) groups is 3. The summed E-state index contributed by atoms with van der Waals surface area (Å²) in [7, 11) is 0. The molecule has 6 nitrogen and oxygen atoms in total. The average molecular weight is 476 g/mol. The summed E-state index contributed by atoms with van der Waals surface area (Å²) < 4.78 is 0. The summed E-state index contributed by atoms with van der Waals surface area (Å²) in [5.41, 5.74) is 0. The maximum Gasteiger partial charge on any atom is 3.00 e. The number of carbonyl (C=O) groups excluding carboxylic acids is 3. The predicted molar refractivity (Wildman–Crippen MR) is 115 cm³/mol. The van der Waals surface area contributed by atoms with Crippen molar-refractivity contribution in [3.05, 3.63) is 36.5 Å². The number of allylic oxidation sites excluding steroid dienone is 3. The van der Waals surface area contributed by atoms with Crippen LogP contribution in [0.15, 0.2) is 36.5 Å². The molecule has 0 unspecified atom stereocenters. The second-order valence-corrected chi connectivity index (χ2v) is 6.65. The van der Waals surface area contributed by atoms with Crippen molar-refractivity contribution in [1.82, 2.24) is 0 Å². The van der Waals surface area contributed by atoms with Crippen LogP contribution >= 0.6 is 0 Å². The number of unbranched alkanes of at least 4 members (excludes halogenated alkanes) is 9. The molecule has 0 aromatic heterocycles. The summed E-state index contributed by atoms with van der Waals surface area (Å²) >= 11 is 0. The molecule has 0 fully saturated rings. The van der Waals surface area contributed by atoms with Gasteiger partial charge < -0.3 is 29.7 Å². The summed E-state index contributed by atoms with van der Waals surface area (Å²) in [4.78, 5) is 29.5. The monoisotopic (exact) mass is 475 g/mol. The van der Waals surface area contributed by atoms with E-state index >= 15 is 0 Å². The number of hydrogen-bond donors (Lipinski definition) is 0. The molecule has 31 heavy (non-hydrogen) atoms. The van der Waals surface area contributed by atoms with E-state index in [1.807, 2.05) is 0 Å². The van der Waals surface area contributed by atoms with Crippen LogP contribution in [0.5, 0.6) is 0 Å². The van der Waals surface area contributed by atoms with E-state index in [-0.39, 0.29) is 17.4 Å². The smallest absolute Gasteiger partial charge is 0.545 e. The zero-order chi connectivity index (χ0) is 23.5. The van der Waals surface area contributed by atoms with Crippen LogP contribution in [0.3, 0.4) is 0 Å². The largest absolute Gasteiger partial charge is 3.00 e. The van der Waals surface area contributed by atoms with Gasteiger partial charge in [0.05, 0.1) is 17.9 Å². The maximum absolute atomic E-state index is 9.83. The maximum atomic E-state index is 9.83. The number of rotatable bonds is 15. The van der Waals surface area contributed by atoms with E-state index < -0.39 is 17.9 Å². The van der Waals surface area contributed by atoms with Gasteiger partial charge in [-0.1, -0.05) is 77.5 Å². The van der Waals surface area contributed by atoms with Gasteiger partial charge in [0.1, 0.15) is 0 Å². The molecule has 0 atom stereocenters. The van der Waals surface area contributed by atoms with Gasteiger partial charge in [-0.2, -0.15) is 0 Å². The molecule has 7 heteroatoms. The van der Waals surface area contributed by atoms with E-state index in [1.54, 1.807) is 18.2 Å². The van der Waals surface area contributed by atoms with Gasteiger partial charge in [-0.3, -0.25) is 0 Å². The summed E-state index contributed by atoms with van der Waals surface area (Å²) in [6, 6.07) is 0. The second-order valence-electron chi connectivity index (χ2n) is 6.65. The molecular weight excluding hydrogens is 436 g/mol. The summed E-state index contributed by atoms with van der Waals surface area (Å²) in [6.07, 6.45) is 21.0. The first-order chi connectivity index (χ1) is 14.3. The molecule has 0 aliphatic carbocycles. The number of hydrogen-bond acceptors (Lipinski definition) is 6. The van der Waals surface area contributed by atoms with Crippen molar-refractivity contribution in [2.45, 2.75) is 97.8 Å². The number of carboxylic acids is 3. The first-order valence-corrected chi connectivity index (χ1v) is 10.9. The minimum atomic E-state index is -1.10. The third kappa shape index (κ3) is 52.5. The Balaban J connectivity index is -0.000000174. The van der Waals surface area contributed by atoms with Crippen LogP contribution in [0.25, 0.3) is 0 Å². The third-order valence-corrected chi connectivity index (χ3v) is 3.68. The minimum Gasteiger partial charge on any atom is -0.545 e. The molecular formula is C24H39CrO6. The van der Waals surface area contributed by atoms with Gasteiger partial charge >= 0.3 is 17.4 Å². The van der Waals surface area contributed by atoms with Gasteiger partial charge in [-0.15, -0.1) is 0 Å². The normalized spacial score (nSPS) is 10.2. The summed E-state index contributed by atoms with van der Waals surface area (Å²) in [5, 5.41) is 29.5. The third-order valence-electron chi connectivity index (χ3n) is 3.68. The fraction of sp³-hybridized carbons (Fsp3) is 0.625. The topological polar surface area (TPSA) is 120 Å².